The van der Waals surface area contributed by atoms with Gasteiger partial charge < -0.3 is 15.0 Å². The monoisotopic (exact) mass is 268 g/mol. The molecule has 2 fully saturated rings. The second kappa shape index (κ2) is 6.71. The summed E-state index contributed by atoms with van der Waals surface area (Å²) in [6.07, 6.45) is 6.55. The summed E-state index contributed by atoms with van der Waals surface area (Å²) in [5.41, 5.74) is -0.118. The maximum absolute atomic E-state index is 12.8. The van der Waals surface area contributed by atoms with E-state index in [-0.39, 0.29) is 11.5 Å². The van der Waals surface area contributed by atoms with E-state index in [0.29, 0.717) is 5.91 Å². The van der Waals surface area contributed by atoms with Crippen molar-refractivity contribution in [2.24, 2.45) is 5.41 Å². The van der Waals surface area contributed by atoms with Crippen molar-refractivity contribution in [3.63, 3.8) is 0 Å². The zero-order valence-corrected chi connectivity index (χ0v) is 12.4. The number of rotatable bonds is 5. The van der Waals surface area contributed by atoms with Crippen LogP contribution < -0.4 is 5.32 Å². The Hall–Kier alpha value is -0.610. The topological polar surface area (TPSA) is 41.6 Å². The van der Waals surface area contributed by atoms with E-state index >= 15 is 0 Å². The second-order valence-electron chi connectivity index (χ2n) is 6.10. The average molecular weight is 268 g/mol. The van der Waals surface area contributed by atoms with Crippen LogP contribution in [0.5, 0.6) is 0 Å². The summed E-state index contributed by atoms with van der Waals surface area (Å²) < 4.78 is 5.65. The van der Waals surface area contributed by atoms with Crippen molar-refractivity contribution in [2.45, 2.75) is 51.6 Å². The lowest BCUT2D eigenvalue weighted by Crippen LogP contribution is -2.49. The Labute approximate surface area is 116 Å². The van der Waals surface area contributed by atoms with Crippen molar-refractivity contribution in [3.05, 3.63) is 0 Å². The molecule has 2 rings (SSSR count). The van der Waals surface area contributed by atoms with Gasteiger partial charge in [-0.25, -0.2) is 0 Å². The van der Waals surface area contributed by atoms with Gasteiger partial charge in [0.1, 0.15) is 0 Å². The van der Waals surface area contributed by atoms with E-state index in [1.54, 1.807) is 0 Å². The summed E-state index contributed by atoms with van der Waals surface area (Å²) >= 11 is 0. The molecular formula is C15H28N2O2. The fraction of sp³-hybridized carbons (Fsp3) is 0.933. The van der Waals surface area contributed by atoms with E-state index in [2.05, 4.69) is 12.2 Å². The van der Waals surface area contributed by atoms with Crippen LogP contribution >= 0.6 is 0 Å². The SMILES string of the molecule is CCCC1(C(=O)N(C)CC2CCCO2)CCNCC1. The predicted octanol–water partition coefficient (Wildman–Crippen LogP) is 1.79. The highest BCUT2D eigenvalue weighted by Gasteiger charge is 2.40. The maximum atomic E-state index is 12.8. The van der Waals surface area contributed by atoms with Crippen LogP contribution in [-0.2, 0) is 9.53 Å². The van der Waals surface area contributed by atoms with Gasteiger partial charge in [-0.15, -0.1) is 0 Å². The molecule has 1 N–H and O–H groups in total. The Balaban J connectivity index is 1.96. The second-order valence-corrected chi connectivity index (χ2v) is 6.10. The summed E-state index contributed by atoms with van der Waals surface area (Å²) in [6, 6.07) is 0. The van der Waals surface area contributed by atoms with E-state index < -0.39 is 0 Å². The normalized spacial score (nSPS) is 26.3. The third-order valence-electron chi connectivity index (χ3n) is 4.59. The molecule has 1 atom stereocenters. The largest absolute Gasteiger partial charge is 0.376 e. The molecule has 110 valence electrons. The van der Waals surface area contributed by atoms with Gasteiger partial charge in [-0.3, -0.25) is 4.79 Å². The first-order valence-corrected chi connectivity index (χ1v) is 7.76. The molecule has 2 heterocycles. The predicted molar refractivity (Wildman–Crippen MR) is 76.1 cm³/mol. The highest BCUT2D eigenvalue weighted by molar-refractivity contribution is 5.82. The summed E-state index contributed by atoms with van der Waals surface area (Å²) in [5, 5.41) is 3.37. The third-order valence-corrected chi connectivity index (χ3v) is 4.59. The number of nitrogens with zero attached hydrogens (tertiary/aromatic N) is 1. The molecule has 1 amide bonds. The van der Waals surface area contributed by atoms with Gasteiger partial charge in [0, 0.05) is 20.2 Å². The molecule has 0 aliphatic carbocycles. The van der Waals surface area contributed by atoms with Gasteiger partial charge in [0.05, 0.1) is 11.5 Å². The zero-order valence-electron chi connectivity index (χ0n) is 12.4. The van der Waals surface area contributed by atoms with Crippen molar-refractivity contribution in [3.8, 4) is 0 Å². The molecule has 0 radical (unpaired) electrons. The molecule has 2 aliphatic heterocycles. The standard InChI is InChI=1S/C15H28N2O2/c1-3-6-15(7-9-16-10-8-15)14(18)17(2)12-13-5-4-11-19-13/h13,16H,3-12H2,1-2H3. The minimum Gasteiger partial charge on any atom is -0.376 e. The molecule has 0 aromatic heterocycles. The van der Waals surface area contributed by atoms with Crippen molar-refractivity contribution >= 4 is 5.91 Å². The molecule has 2 aliphatic rings. The number of ether oxygens (including phenoxy) is 1. The summed E-state index contributed by atoms with van der Waals surface area (Å²) in [4.78, 5) is 14.8. The lowest BCUT2D eigenvalue weighted by molar-refractivity contribution is -0.144. The highest BCUT2D eigenvalue weighted by atomic mass is 16.5. The van der Waals surface area contributed by atoms with Crippen LogP contribution in [0.3, 0.4) is 0 Å². The van der Waals surface area contributed by atoms with Crippen molar-refractivity contribution < 1.29 is 9.53 Å². The summed E-state index contributed by atoms with van der Waals surface area (Å²) in [6.45, 7) is 5.74. The van der Waals surface area contributed by atoms with Crippen LogP contribution in [0.25, 0.3) is 0 Å². The van der Waals surface area contributed by atoms with Gasteiger partial charge in [-0.1, -0.05) is 13.3 Å². The van der Waals surface area contributed by atoms with E-state index in [1.165, 1.54) is 0 Å². The van der Waals surface area contributed by atoms with Crippen LogP contribution in [0.2, 0.25) is 0 Å². The summed E-state index contributed by atoms with van der Waals surface area (Å²) in [5.74, 6) is 0.339. The lowest BCUT2D eigenvalue weighted by Gasteiger charge is -2.39. The minimum absolute atomic E-state index is 0.118. The highest BCUT2D eigenvalue weighted by Crippen LogP contribution is 2.36. The number of nitrogens with one attached hydrogen (secondary N) is 1. The smallest absolute Gasteiger partial charge is 0.228 e. The van der Waals surface area contributed by atoms with Gasteiger partial charge in [-0.05, 0) is 45.2 Å². The van der Waals surface area contributed by atoms with Crippen LogP contribution in [0.4, 0.5) is 0 Å². The number of hydrogen-bond donors (Lipinski definition) is 1. The number of carbonyl (C=O) groups excluding carboxylic acids is 1. The molecular weight excluding hydrogens is 240 g/mol. The Kier molecular flexibility index (Phi) is 5.22. The van der Waals surface area contributed by atoms with Crippen molar-refractivity contribution in [2.75, 3.05) is 33.3 Å². The van der Waals surface area contributed by atoms with Crippen LogP contribution in [0.15, 0.2) is 0 Å². The third kappa shape index (κ3) is 3.48. The zero-order chi connectivity index (χ0) is 13.7. The molecule has 4 heteroatoms. The molecule has 19 heavy (non-hydrogen) atoms. The first-order valence-electron chi connectivity index (χ1n) is 7.76. The Morgan fingerprint density at radius 2 is 2.16 bits per heavy atom. The maximum Gasteiger partial charge on any atom is 0.228 e. The Bertz CT molecular complexity index is 289. The molecule has 0 aromatic rings. The van der Waals surface area contributed by atoms with Crippen LogP contribution in [-0.4, -0.2) is 50.2 Å². The number of piperidine rings is 1. The van der Waals surface area contributed by atoms with Crippen molar-refractivity contribution in [1.82, 2.24) is 10.2 Å². The molecule has 0 spiro atoms. The van der Waals surface area contributed by atoms with Crippen LogP contribution in [0.1, 0.15) is 45.4 Å². The van der Waals surface area contributed by atoms with Gasteiger partial charge >= 0.3 is 0 Å². The van der Waals surface area contributed by atoms with E-state index in [4.69, 9.17) is 4.74 Å². The molecule has 0 saturated carbocycles. The van der Waals surface area contributed by atoms with E-state index in [9.17, 15) is 4.79 Å². The number of amides is 1. The molecule has 4 nitrogen and oxygen atoms in total. The number of hydrogen-bond acceptors (Lipinski definition) is 3. The lowest BCUT2D eigenvalue weighted by atomic mass is 9.74. The Morgan fingerprint density at radius 3 is 2.74 bits per heavy atom. The fourth-order valence-electron chi connectivity index (χ4n) is 3.54. The van der Waals surface area contributed by atoms with Crippen LogP contribution in [0, 0.1) is 5.41 Å². The Morgan fingerprint density at radius 1 is 1.42 bits per heavy atom. The quantitative estimate of drug-likeness (QED) is 0.826. The molecule has 2 saturated heterocycles. The molecule has 0 aromatic carbocycles. The summed E-state index contributed by atoms with van der Waals surface area (Å²) in [7, 11) is 1.95. The molecule has 1 unspecified atom stereocenters. The fourth-order valence-corrected chi connectivity index (χ4v) is 3.54. The minimum atomic E-state index is -0.118. The first kappa shape index (κ1) is 14.8. The van der Waals surface area contributed by atoms with E-state index in [1.807, 2.05) is 11.9 Å². The first-order chi connectivity index (χ1) is 9.18. The van der Waals surface area contributed by atoms with Gasteiger partial charge in [0.25, 0.3) is 0 Å². The number of likely N-dealkylation sites (N-methyl/N-ethyl adjacent to an activating group) is 1. The van der Waals surface area contributed by atoms with Gasteiger partial charge in [0.15, 0.2) is 0 Å². The van der Waals surface area contributed by atoms with Gasteiger partial charge in [-0.2, -0.15) is 0 Å². The molecule has 0 bridgehead atoms. The number of carbonyl (C=O) groups is 1. The van der Waals surface area contributed by atoms with E-state index in [0.717, 1.165) is 64.8 Å². The van der Waals surface area contributed by atoms with Gasteiger partial charge in [0.2, 0.25) is 5.91 Å². The van der Waals surface area contributed by atoms with Crippen molar-refractivity contribution in [1.29, 1.82) is 0 Å². The average Bonchev–Trinajstić information content (AvgIpc) is 2.92.